The van der Waals surface area contributed by atoms with E-state index >= 15 is 0 Å². The molecule has 0 N–H and O–H groups in total. The highest BCUT2D eigenvalue weighted by Crippen LogP contribution is 2.52. The highest BCUT2D eigenvalue weighted by atomic mass is 16.7. The van der Waals surface area contributed by atoms with Crippen molar-refractivity contribution in [2.75, 3.05) is 20.3 Å². The first-order valence-electron chi connectivity index (χ1n) is 10.3. The Bertz CT molecular complexity index is 847. The third-order valence-electron chi connectivity index (χ3n) is 5.48. The van der Waals surface area contributed by atoms with Crippen LogP contribution >= 0.6 is 0 Å². The Labute approximate surface area is 177 Å². The van der Waals surface area contributed by atoms with E-state index in [4.69, 9.17) is 14.3 Å². The Morgan fingerprint density at radius 3 is 2.07 bits per heavy atom. The number of rotatable bonds is 6. The standard InChI is InChI=1S/C24H29NO5/c1-5-28-22(26)24(23(27)29-6-2)16-20(18-10-8-7-9-11-18)30-25(4)21(24)19-14-12-17(3)13-15-19/h7-15,20-21H,5-6,16H2,1-4H3/t20-,21+/m0/s1. The lowest BCUT2D eigenvalue weighted by Gasteiger charge is -2.47. The van der Waals surface area contributed by atoms with Gasteiger partial charge in [-0.25, -0.2) is 0 Å². The summed E-state index contributed by atoms with van der Waals surface area (Å²) in [6.07, 6.45) is -0.371. The highest BCUT2D eigenvalue weighted by molar-refractivity contribution is 6.01. The van der Waals surface area contributed by atoms with Crippen molar-refractivity contribution in [1.29, 1.82) is 0 Å². The number of esters is 2. The number of hydrogen-bond acceptors (Lipinski definition) is 6. The number of aryl methyl sites for hydroxylation is 1. The summed E-state index contributed by atoms with van der Waals surface area (Å²) in [6, 6.07) is 16.6. The van der Waals surface area contributed by atoms with Crippen LogP contribution in [0.25, 0.3) is 0 Å². The molecule has 0 radical (unpaired) electrons. The van der Waals surface area contributed by atoms with Gasteiger partial charge in [-0.3, -0.25) is 14.4 Å². The molecule has 30 heavy (non-hydrogen) atoms. The maximum absolute atomic E-state index is 13.4. The van der Waals surface area contributed by atoms with Gasteiger partial charge in [-0.1, -0.05) is 60.2 Å². The van der Waals surface area contributed by atoms with Crippen LogP contribution in [-0.4, -0.2) is 37.3 Å². The molecule has 2 aromatic carbocycles. The van der Waals surface area contributed by atoms with Gasteiger partial charge in [0.15, 0.2) is 5.41 Å². The Morgan fingerprint density at radius 2 is 1.53 bits per heavy atom. The first-order valence-corrected chi connectivity index (χ1v) is 10.3. The zero-order valence-electron chi connectivity index (χ0n) is 18.0. The summed E-state index contributed by atoms with van der Waals surface area (Å²) in [6.45, 7) is 5.79. The fourth-order valence-electron chi connectivity index (χ4n) is 4.10. The summed E-state index contributed by atoms with van der Waals surface area (Å²) in [5.74, 6) is -1.18. The molecule has 0 saturated carbocycles. The maximum Gasteiger partial charge on any atom is 0.325 e. The molecule has 0 amide bonds. The molecule has 0 aromatic heterocycles. The minimum atomic E-state index is -1.56. The van der Waals surface area contributed by atoms with E-state index in [1.54, 1.807) is 26.0 Å². The van der Waals surface area contributed by atoms with Gasteiger partial charge in [-0.2, -0.15) is 5.06 Å². The third-order valence-corrected chi connectivity index (χ3v) is 5.48. The molecule has 6 heteroatoms. The Hall–Kier alpha value is -2.70. The molecular formula is C24H29NO5. The van der Waals surface area contributed by atoms with Crippen LogP contribution in [0.2, 0.25) is 0 Å². The summed E-state index contributed by atoms with van der Waals surface area (Å²) >= 11 is 0. The first-order chi connectivity index (χ1) is 14.4. The van der Waals surface area contributed by atoms with Crippen molar-refractivity contribution >= 4 is 11.9 Å². The number of benzene rings is 2. The van der Waals surface area contributed by atoms with Crippen LogP contribution in [0.15, 0.2) is 54.6 Å². The van der Waals surface area contributed by atoms with Crippen LogP contribution in [0, 0.1) is 12.3 Å². The molecule has 1 aliphatic heterocycles. The van der Waals surface area contributed by atoms with Gasteiger partial charge >= 0.3 is 11.9 Å². The van der Waals surface area contributed by atoms with Gasteiger partial charge in [-0.05, 0) is 31.9 Å². The van der Waals surface area contributed by atoms with Gasteiger partial charge in [0.2, 0.25) is 0 Å². The van der Waals surface area contributed by atoms with Crippen LogP contribution in [0.5, 0.6) is 0 Å². The van der Waals surface area contributed by atoms with Crippen molar-refractivity contribution in [3.63, 3.8) is 0 Å². The number of carbonyl (C=O) groups is 2. The van der Waals surface area contributed by atoms with E-state index in [1.165, 1.54) is 0 Å². The van der Waals surface area contributed by atoms with Crippen molar-refractivity contribution in [1.82, 2.24) is 5.06 Å². The lowest BCUT2D eigenvalue weighted by atomic mass is 9.70. The second-order valence-electron chi connectivity index (χ2n) is 7.48. The fraction of sp³-hybridized carbons (Fsp3) is 0.417. The average molecular weight is 411 g/mol. The number of carbonyl (C=O) groups excluding carboxylic acids is 2. The fourth-order valence-corrected chi connectivity index (χ4v) is 4.10. The summed E-state index contributed by atoms with van der Waals surface area (Å²) in [7, 11) is 1.74. The first kappa shape index (κ1) is 22.0. The molecule has 2 atom stereocenters. The van der Waals surface area contributed by atoms with Gasteiger partial charge in [0.1, 0.15) is 6.10 Å². The molecule has 1 aliphatic rings. The van der Waals surface area contributed by atoms with Crippen LogP contribution in [0.3, 0.4) is 0 Å². The van der Waals surface area contributed by atoms with E-state index in [9.17, 15) is 9.59 Å². The smallest absolute Gasteiger partial charge is 0.325 e. The second kappa shape index (κ2) is 9.41. The molecule has 2 aromatic rings. The quantitative estimate of drug-likeness (QED) is 0.525. The minimum Gasteiger partial charge on any atom is -0.465 e. The predicted molar refractivity (Wildman–Crippen MR) is 112 cm³/mol. The number of hydroxylamine groups is 2. The zero-order chi connectivity index (χ0) is 21.7. The summed E-state index contributed by atoms with van der Waals surface area (Å²) in [5.41, 5.74) is 1.19. The Kier molecular flexibility index (Phi) is 6.90. The van der Waals surface area contributed by atoms with Crippen LogP contribution in [0.1, 0.15) is 49.1 Å². The SMILES string of the molecule is CCOC(=O)C1(C(=O)OCC)C[C@@H](c2ccccc2)ON(C)[C@@H]1c1ccc(C)cc1. The summed E-state index contributed by atoms with van der Waals surface area (Å²) in [5, 5.41) is 1.60. The third kappa shape index (κ3) is 4.11. The van der Waals surface area contributed by atoms with Gasteiger partial charge in [-0.15, -0.1) is 0 Å². The number of hydrogen-bond donors (Lipinski definition) is 0. The predicted octanol–water partition coefficient (Wildman–Crippen LogP) is 4.16. The van der Waals surface area contributed by atoms with Gasteiger partial charge in [0.25, 0.3) is 0 Å². The molecule has 3 rings (SSSR count). The van der Waals surface area contributed by atoms with Crippen LogP contribution in [0.4, 0.5) is 0 Å². The summed E-state index contributed by atoms with van der Waals surface area (Å²) in [4.78, 5) is 33.0. The monoisotopic (exact) mass is 411 g/mol. The summed E-state index contributed by atoms with van der Waals surface area (Å²) < 4.78 is 10.9. The van der Waals surface area contributed by atoms with Gasteiger partial charge in [0.05, 0.1) is 19.3 Å². The largest absolute Gasteiger partial charge is 0.465 e. The molecule has 1 fully saturated rings. The van der Waals surface area contributed by atoms with Crippen molar-refractivity contribution < 1.29 is 23.9 Å². The molecule has 1 saturated heterocycles. The van der Waals surface area contributed by atoms with E-state index < -0.39 is 29.5 Å². The molecule has 1 heterocycles. The molecule has 0 unspecified atom stereocenters. The second-order valence-corrected chi connectivity index (χ2v) is 7.48. The van der Waals surface area contributed by atoms with E-state index in [-0.39, 0.29) is 19.6 Å². The van der Waals surface area contributed by atoms with E-state index in [2.05, 4.69) is 0 Å². The normalized spacial score (nSPS) is 21.1. The topological polar surface area (TPSA) is 65.1 Å². The number of ether oxygens (including phenoxy) is 2. The molecule has 0 bridgehead atoms. The maximum atomic E-state index is 13.4. The van der Waals surface area contributed by atoms with E-state index in [0.717, 1.165) is 16.7 Å². The molecule has 160 valence electrons. The van der Waals surface area contributed by atoms with Gasteiger partial charge in [0, 0.05) is 13.5 Å². The minimum absolute atomic E-state index is 0.123. The molecule has 6 nitrogen and oxygen atoms in total. The van der Waals surface area contributed by atoms with Crippen molar-refractivity contribution in [2.45, 2.75) is 39.3 Å². The highest BCUT2D eigenvalue weighted by Gasteiger charge is 2.61. The van der Waals surface area contributed by atoms with E-state index in [0.29, 0.717) is 0 Å². The molecule has 0 aliphatic carbocycles. The van der Waals surface area contributed by atoms with E-state index in [1.807, 2.05) is 61.5 Å². The van der Waals surface area contributed by atoms with Crippen molar-refractivity contribution in [3.8, 4) is 0 Å². The van der Waals surface area contributed by atoms with Gasteiger partial charge < -0.3 is 9.47 Å². The Balaban J connectivity index is 2.16. The average Bonchev–Trinajstić information content (AvgIpc) is 2.75. The lowest BCUT2D eigenvalue weighted by Crippen LogP contribution is -2.56. The van der Waals surface area contributed by atoms with Crippen LogP contribution in [-0.2, 0) is 23.9 Å². The van der Waals surface area contributed by atoms with Crippen LogP contribution < -0.4 is 0 Å². The number of nitrogens with zero attached hydrogens (tertiary/aromatic N) is 1. The van der Waals surface area contributed by atoms with Crippen molar-refractivity contribution in [3.05, 3.63) is 71.3 Å². The Morgan fingerprint density at radius 1 is 0.967 bits per heavy atom. The zero-order valence-corrected chi connectivity index (χ0v) is 18.0. The molecule has 0 spiro atoms. The molecular weight excluding hydrogens is 382 g/mol. The van der Waals surface area contributed by atoms with Crippen molar-refractivity contribution in [2.24, 2.45) is 5.41 Å². The lowest BCUT2D eigenvalue weighted by molar-refractivity contribution is -0.278.